The van der Waals surface area contributed by atoms with Crippen LogP contribution in [0.25, 0.3) is 10.4 Å². The first kappa shape index (κ1) is 20.3. The summed E-state index contributed by atoms with van der Waals surface area (Å²) in [6.45, 7) is 9.09. The maximum atomic E-state index is 12.9. The van der Waals surface area contributed by atoms with Gasteiger partial charge < -0.3 is 0 Å². The number of hydrogen-bond acceptors (Lipinski definition) is 4. The molecule has 152 valence electrons. The summed E-state index contributed by atoms with van der Waals surface area (Å²) in [5.41, 5.74) is 3.88. The van der Waals surface area contributed by atoms with Gasteiger partial charge >= 0.3 is 0 Å². The van der Waals surface area contributed by atoms with Crippen LogP contribution in [-0.2, 0) is 19.3 Å². The number of benzene rings is 1. The Labute approximate surface area is 181 Å². The van der Waals surface area contributed by atoms with E-state index in [4.69, 9.17) is 4.98 Å². The zero-order valence-electron chi connectivity index (χ0n) is 17.5. The average Bonchev–Trinajstić information content (AvgIpc) is 3.30. The molecule has 1 atom stereocenters. The monoisotopic (exact) mass is 424 g/mol. The zero-order valence-corrected chi connectivity index (χ0v) is 19.2. The van der Waals surface area contributed by atoms with Gasteiger partial charge in [0.2, 0.25) is 0 Å². The number of amides is 1. The topological polar surface area (TPSA) is 42.0 Å². The summed E-state index contributed by atoms with van der Waals surface area (Å²) in [4.78, 5) is 20.9. The quantitative estimate of drug-likeness (QED) is 0.498. The summed E-state index contributed by atoms with van der Waals surface area (Å²) in [7, 11) is 0. The third kappa shape index (κ3) is 4.31. The van der Waals surface area contributed by atoms with Crippen LogP contribution in [0.15, 0.2) is 36.4 Å². The number of carbonyl (C=O) groups is 1. The van der Waals surface area contributed by atoms with Crippen molar-refractivity contribution in [2.75, 3.05) is 5.32 Å². The molecule has 1 N–H and O–H groups in total. The van der Waals surface area contributed by atoms with Crippen LogP contribution in [0.5, 0.6) is 0 Å². The van der Waals surface area contributed by atoms with E-state index in [-0.39, 0.29) is 5.91 Å². The molecule has 1 amide bonds. The minimum absolute atomic E-state index is 0.0506. The molecule has 0 radical (unpaired) electrons. The molecule has 0 saturated carbocycles. The van der Waals surface area contributed by atoms with Crippen LogP contribution in [0.1, 0.15) is 59.9 Å². The predicted molar refractivity (Wildman–Crippen MR) is 124 cm³/mol. The second-order valence-electron chi connectivity index (χ2n) is 8.83. The number of rotatable bonds is 4. The molecule has 0 bridgehead atoms. The Morgan fingerprint density at radius 1 is 1.21 bits per heavy atom. The van der Waals surface area contributed by atoms with Crippen molar-refractivity contribution < 1.29 is 4.79 Å². The van der Waals surface area contributed by atoms with Crippen LogP contribution in [0.2, 0.25) is 0 Å². The van der Waals surface area contributed by atoms with Gasteiger partial charge in [-0.2, -0.15) is 0 Å². The first-order valence-electron chi connectivity index (χ1n) is 10.3. The van der Waals surface area contributed by atoms with Crippen molar-refractivity contribution in [1.82, 2.24) is 4.98 Å². The molecule has 1 unspecified atom stereocenters. The lowest BCUT2D eigenvalue weighted by molar-refractivity contribution is 0.103. The Hall–Kier alpha value is -1.98. The maximum absolute atomic E-state index is 12.9. The summed E-state index contributed by atoms with van der Waals surface area (Å²) in [5, 5.41) is 3.80. The van der Waals surface area contributed by atoms with Crippen molar-refractivity contribution >= 4 is 33.7 Å². The SMILES string of the molecule is CCc1cc(C(=O)Nc2nc3c(s2)CC(C(C)(C)C)CC3)sc1-c1ccccc1. The highest BCUT2D eigenvalue weighted by atomic mass is 32.1. The molecule has 0 saturated heterocycles. The van der Waals surface area contributed by atoms with E-state index in [9.17, 15) is 4.79 Å². The number of hydrogen-bond donors (Lipinski definition) is 1. The van der Waals surface area contributed by atoms with E-state index in [2.05, 4.69) is 45.1 Å². The second kappa shape index (κ2) is 8.04. The normalized spacial score (nSPS) is 16.5. The van der Waals surface area contributed by atoms with Crippen LogP contribution in [0.4, 0.5) is 5.13 Å². The molecule has 2 heterocycles. The van der Waals surface area contributed by atoms with E-state index in [1.165, 1.54) is 33.0 Å². The predicted octanol–water partition coefficient (Wildman–Crippen LogP) is 6.84. The Balaban J connectivity index is 1.53. The van der Waals surface area contributed by atoms with Gasteiger partial charge in [-0.05, 0) is 54.2 Å². The van der Waals surface area contributed by atoms with Crippen molar-refractivity contribution in [2.45, 2.75) is 53.4 Å². The van der Waals surface area contributed by atoms with E-state index in [1.807, 2.05) is 24.3 Å². The van der Waals surface area contributed by atoms with Crippen LogP contribution < -0.4 is 5.32 Å². The van der Waals surface area contributed by atoms with Crippen LogP contribution >= 0.6 is 22.7 Å². The highest BCUT2D eigenvalue weighted by Crippen LogP contribution is 2.40. The molecule has 4 rings (SSSR count). The number of aryl methyl sites for hydroxylation is 2. The van der Waals surface area contributed by atoms with Crippen molar-refractivity contribution in [2.24, 2.45) is 11.3 Å². The van der Waals surface area contributed by atoms with Gasteiger partial charge in [0.15, 0.2) is 5.13 Å². The Kier molecular flexibility index (Phi) is 5.63. The summed E-state index contributed by atoms with van der Waals surface area (Å²) in [5.74, 6) is 0.627. The Morgan fingerprint density at radius 3 is 2.66 bits per heavy atom. The average molecular weight is 425 g/mol. The molecule has 0 spiro atoms. The summed E-state index contributed by atoms with van der Waals surface area (Å²) >= 11 is 3.22. The lowest BCUT2D eigenvalue weighted by Crippen LogP contribution is -2.26. The first-order chi connectivity index (χ1) is 13.8. The largest absolute Gasteiger partial charge is 0.297 e. The molecule has 3 aromatic rings. The number of thiazole rings is 1. The molecule has 3 nitrogen and oxygen atoms in total. The van der Waals surface area contributed by atoms with Crippen LogP contribution in [0.3, 0.4) is 0 Å². The molecule has 29 heavy (non-hydrogen) atoms. The number of fused-ring (bicyclic) bond motifs is 1. The van der Waals surface area contributed by atoms with Gasteiger partial charge in [-0.3, -0.25) is 10.1 Å². The van der Waals surface area contributed by atoms with Gasteiger partial charge in [0.25, 0.3) is 5.91 Å². The number of nitrogens with one attached hydrogen (secondary N) is 1. The maximum Gasteiger partial charge on any atom is 0.267 e. The van der Waals surface area contributed by atoms with E-state index >= 15 is 0 Å². The van der Waals surface area contributed by atoms with Gasteiger partial charge in [-0.25, -0.2) is 4.98 Å². The number of aromatic nitrogens is 1. The lowest BCUT2D eigenvalue weighted by atomic mass is 9.73. The zero-order chi connectivity index (χ0) is 20.6. The van der Waals surface area contributed by atoms with Crippen molar-refractivity contribution in [1.29, 1.82) is 0 Å². The molecule has 1 aromatic carbocycles. The van der Waals surface area contributed by atoms with Gasteiger partial charge in [0.05, 0.1) is 10.6 Å². The van der Waals surface area contributed by atoms with Crippen LogP contribution in [0, 0.1) is 11.3 Å². The Morgan fingerprint density at radius 2 is 1.97 bits per heavy atom. The fourth-order valence-electron chi connectivity index (χ4n) is 3.96. The first-order valence-corrected chi connectivity index (χ1v) is 12.0. The number of anilines is 1. The van der Waals surface area contributed by atoms with E-state index in [0.29, 0.717) is 11.3 Å². The fraction of sp³-hybridized carbons (Fsp3) is 0.417. The fourth-order valence-corrected chi connectivity index (χ4v) is 6.20. The molecule has 0 fully saturated rings. The highest BCUT2D eigenvalue weighted by Gasteiger charge is 2.31. The molecule has 2 aromatic heterocycles. The third-order valence-electron chi connectivity index (χ3n) is 5.83. The van der Waals surface area contributed by atoms with E-state index < -0.39 is 0 Å². The summed E-state index contributed by atoms with van der Waals surface area (Å²) in [6, 6.07) is 12.3. The minimum atomic E-state index is -0.0506. The molecule has 1 aliphatic rings. The van der Waals surface area contributed by atoms with Crippen molar-refractivity contribution in [3.8, 4) is 10.4 Å². The van der Waals surface area contributed by atoms with Gasteiger partial charge in [-0.15, -0.1) is 22.7 Å². The number of nitrogens with zero attached hydrogens (tertiary/aromatic N) is 1. The third-order valence-corrected chi connectivity index (χ3v) is 8.10. The summed E-state index contributed by atoms with van der Waals surface area (Å²) in [6.07, 6.45) is 4.18. The minimum Gasteiger partial charge on any atom is -0.297 e. The molecular formula is C24H28N2OS2. The van der Waals surface area contributed by atoms with Crippen molar-refractivity contribution in [3.05, 3.63) is 57.4 Å². The van der Waals surface area contributed by atoms with Crippen LogP contribution in [-0.4, -0.2) is 10.9 Å². The highest BCUT2D eigenvalue weighted by molar-refractivity contribution is 7.18. The molecule has 1 aliphatic carbocycles. The summed E-state index contributed by atoms with van der Waals surface area (Å²) < 4.78 is 0. The lowest BCUT2D eigenvalue weighted by Gasteiger charge is -2.33. The smallest absolute Gasteiger partial charge is 0.267 e. The van der Waals surface area contributed by atoms with Crippen molar-refractivity contribution in [3.63, 3.8) is 0 Å². The Bertz CT molecular complexity index is 1010. The van der Waals surface area contributed by atoms with E-state index in [0.717, 1.165) is 29.3 Å². The molecular weight excluding hydrogens is 396 g/mol. The van der Waals surface area contributed by atoms with E-state index in [1.54, 1.807) is 22.7 Å². The molecule has 5 heteroatoms. The molecule has 0 aliphatic heterocycles. The number of thiophene rings is 1. The second-order valence-corrected chi connectivity index (χ2v) is 11.0. The van der Waals surface area contributed by atoms with Gasteiger partial charge in [-0.1, -0.05) is 58.0 Å². The van der Waals surface area contributed by atoms with Gasteiger partial charge in [0.1, 0.15) is 0 Å². The number of carbonyl (C=O) groups excluding carboxylic acids is 1. The van der Waals surface area contributed by atoms with Gasteiger partial charge in [0, 0.05) is 9.75 Å². The standard InChI is InChI=1S/C24H28N2OS2/c1-5-15-13-20(28-21(15)16-9-7-6-8-10-16)22(27)26-23-25-18-12-11-17(24(2,3)4)14-19(18)29-23/h6-10,13,17H,5,11-12,14H2,1-4H3,(H,25,26,27).